The molecular weight excluding hydrogens is 400 g/mol. The molecule has 7 nitrogen and oxygen atoms in total. The standard InChI is InChI=1S/C24H30O7/c1-4-9-17-21(24(29)31-14-15-10-7-6-8-11-15)18(23(28)30-3)12-16(5-2)19(25)13-20(26)22(17)27/h5-8,10-11,17,19,22,25,27H,4,9,12-14H2,1-3H3/b16-5-,21-18-/t17-,19+,22+/m1/s1. The summed E-state index contributed by atoms with van der Waals surface area (Å²) in [5.74, 6) is -3.09. The number of aliphatic hydroxyl groups excluding tert-OH is 2. The topological polar surface area (TPSA) is 110 Å². The van der Waals surface area contributed by atoms with Gasteiger partial charge in [-0.2, -0.15) is 0 Å². The van der Waals surface area contributed by atoms with Crippen LogP contribution in [0.15, 0.2) is 53.1 Å². The predicted molar refractivity (Wildman–Crippen MR) is 114 cm³/mol. The van der Waals surface area contributed by atoms with Gasteiger partial charge < -0.3 is 19.7 Å². The van der Waals surface area contributed by atoms with E-state index >= 15 is 0 Å². The summed E-state index contributed by atoms with van der Waals surface area (Å²) < 4.78 is 10.4. The van der Waals surface area contributed by atoms with Gasteiger partial charge in [-0.1, -0.05) is 49.8 Å². The molecule has 0 fully saturated rings. The van der Waals surface area contributed by atoms with E-state index < -0.39 is 35.8 Å². The number of esters is 2. The summed E-state index contributed by atoms with van der Waals surface area (Å²) in [7, 11) is 1.19. The molecule has 0 heterocycles. The molecule has 168 valence electrons. The van der Waals surface area contributed by atoms with Crippen LogP contribution in [0.2, 0.25) is 0 Å². The number of Topliss-reactive ketones (excluding diaryl/α,β-unsaturated/α-hetero) is 1. The number of allylic oxidation sites excluding steroid dienone is 1. The molecule has 31 heavy (non-hydrogen) atoms. The fourth-order valence-corrected chi connectivity index (χ4v) is 3.75. The van der Waals surface area contributed by atoms with E-state index in [1.807, 2.05) is 25.1 Å². The second-order valence-electron chi connectivity index (χ2n) is 7.51. The first kappa shape index (κ1) is 24.5. The number of carbonyl (C=O) groups is 3. The molecule has 0 amide bonds. The maximum atomic E-state index is 13.2. The second kappa shape index (κ2) is 11.6. The van der Waals surface area contributed by atoms with Crippen molar-refractivity contribution in [1.82, 2.24) is 0 Å². The average Bonchev–Trinajstić information content (AvgIpc) is 2.81. The van der Waals surface area contributed by atoms with Gasteiger partial charge in [0.15, 0.2) is 5.78 Å². The average molecular weight is 430 g/mol. The van der Waals surface area contributed by atoms with E-state index in [0.717, 1.165) is 5.56 Å². The molecule has 0 aliphatic heterocycles. The molecule has 0 aromatic heterocycles. The molecule has 1 aromatic rings. The van der Waals surface area contributed by atoms with Crippen LogP contribution < -0.4 is 0 Å². The van der Waals surface area contributed by atoms with Gasteiger partial charge in [0.05, 0.1) is 24.4 Å². The van der Waals surface area contributed by atoms with Crippen molar-refractivity contribution in [1.29, 1.82) is 0 Å². The van der Waals surface area contributed by atoms with Gasteiger partial charge in [-0.3, -0.25) is 4.79 Å². The Kier molecular flexibility index (Phi) is 9.15. The van der Waals surface area contributed by atoms with Gasteiger partial charge in [-0.15, -0.1) is 0 Å². The minimum atomic E-state index is -1.55. The normalized spacial score (nSPS) is 26.0. The van der Waals surface area contributed by atoms with Crippen LogP contribution in [-0.4, -0.2) is 47.3 Å². The monoisotopic (exact) mass is 430 g/mol. The SMILES string of the molecule is C/C=C1/C/C(C(=O)OC)=C(/C(=O)OCc2ccccc2)[C@@H](CCC)[C@H](O)C(=O)C[C@@H]1O. The first-order valence-corrected chi connectivity index (χ1v) is 10.4. The molecular formula is C24H30O7. The highest BCUT2D eigenvalue weighted by molar-refractivity contribution is 6.02. The van der Waals surface area contributed by atoms with Crippen LogP contribution in [0.4, 0.5) is 0 Å². The summed E-state index contributed by atoms with van der Waals surface area (Å²) in [5, 5.41) is 21.2. The van der Waals surface area contributed by atoms with Crippen molar-refractivity contribution < 1.29 is 34.1 Å². The lowest BCUT2D eigenvalue weighted by atomic mass is 9.83. The molecule has 0 bridgehead atoms. The van der Waals surface area contributed by atoms with Gasteiger partial charge >= 0.3 is 11.9 Å². The molecule has 0 spiro atoms. The lowest BCUT2D eigenvalue weighted by Gasteiger charge is -2.25. The number of hydrogen-bond donors (Lipinski definition) is 2. The zero-order valence-electron chi connectivity index (χ0n) is 18.2. The quantitative estimate of drug-likeness (QED) is 0.527. The minimum Gasteiger partial charge on any atom is -0.466 e. The maximum absolute atomic E-state index is 13.2. The third kappa shape index (κ3) is 6.12. The van der Waals surface area contributed by atoms with E-state index in [9.17, 15) is 24.6 Å². The van der Waals surface area contributed by atoms with Crippen molar-refractivity contribution in [2.45, 2.75) is 58.3 Å². The highest BCUT2D eigenvalue weighted by Gasteiger charge is 2.39. The first-order chi connectivity index (χ1) is 14.8. The molecule has 0 unspecified atom stereocenters. The Bertz CT molecular complexity index is 854. The Morgan fingerprint density at radius 1 is 1.16 bits per heavy atom. The number of aliphatic hydroxyl groups is 2. The van der Waals surface area contributed by atoms with E-state index in [4.69, 9.17) is 9.47 Å². The molecule has 2 rings (SSSR count). The third-order valence-corrected chi connectivity index (χ3v) is 5.45. The molecule has 0 radical (unpaired) electrons. The van der Waals surface area contributed by atoms with Gasteiger partial charge in [0.2, 0.25) is 0 Å². The molecule has 1 aromatic carbocycles. The van der Waals surface area contributed by atoms with Crippen LogP contribution in [-0.2, 0) is 30.5 Å². The van der Waals surface area contributed by atoms with Crippen LogP contribution in [0, 0.1) is 5.92 Å². The number of ether oxygens (including phenoxy) is 2. The lowest BCUT2D eigenvalue weighted by molar-refractivity contribution is -0.144. The highest BCUT2D eigenvalue weighted by Crippen LogP contribution is 2.33. The van der Waals surface area contributed by atoms with Gasteiger partial charge in [0.25, 0.3) is 0 Å². The zero-order valence-corrected chi connectivity index (χ0v) is 18.2. The molecule has 0 saturated carbocycles. The Morgan fingerprint density at radius 2 is 1.84 bits per heavy atom. The van der Waals surface area contributed by atoms with E-state index in [1.54, 1.807) is 25.1 Å². The van der Waals surface area contributed by atoms with Crippen LogP contribution >= 0.6 is 0 Å². The van der Waals surface area contributed by atoms with E-state index in [-0.39, 0.29) is 37.0 Å². The molecule has 2 N–H and O–H groups in total. The number of benzene rings is 1. The van der Waals surface area contributed by atoms with Crippen LogP contribution in [0.3, 0.4) is 0 Å². The molecule has 0 saturated heterocycles. The predicted octanol–water partition coefficient (Wildman–Crippen LogP) is 2.65. The van der Waals surface area contributed by atoms with Crippen molar-refractivity contribution in [2.75, 3.05) is 7.11 Å². The number of ketones is 1. The zero-order chi connectivity index (χ0) is 23.0. The Morgan fingerprint density at radius 3 is 2.42 bits per heavy atom. The number of carbonyl (C=O) groups excluding carboxylic acids is 3. The summed E-state index contributed by atoms with van der Waals surface area (Å²) in [6.45, 7) is 3.49. The van der Waals surface area contributed by atoms with Crippen molar-refractivity contribution in [3.63, 3.8) is 0 Å². The van der Waals surface area contributed by atoms with Crippen LogP contribution in [0.5, 0.6) is 0 Å². The Balaban J connectivity index is 2.58. The number of methoxy groups -OCH3 is 1. The number of hydrogen-bond acceptors (Lipinski definition) is 7. The van der Waals surface area contributed by atoms with Crippen molar-refractivity contribution >= 4 is 17.7 Å². The Hall–Kier alpha value is -2.77. The van der Waals surface area contributed by atoms with Gasteiger partial charge in [-0.05, 0) is 24.5 Å². The van der Waals surface area contributed by atoms with Crippen LogP contribution in [0.1, 0.15) is 45.1 Å². The molecule has 1 aliphatic rings. The highest BCUT2D eigenvalue weighted by atomic mass is 16.5. The Labute approximate surface area is 182 Å². The fraction of sp³-hybridized carbons (Fsp3) is 0.458. The van der Waals surface area contributed by atoms with Crippen molar-refractivity contribution in [3.05, 3.63) is 58.7 Å². The van der Waals surface area contributed by atoms with Crippen molar-refractivity contribution in [3.8, 4) is 0 Å². The summed E-state index contributed by atoms with van der Waals surface area (Å²) in [4.78, 5) is 38.5. The summed E-state index contributed by atoms with van der Waals surface area (Å²) >= 11 is 0. The maximum Gasteiger partial charge on any atom is 0.335 e. The smallest absolute Gasteiger partial charge is 0.335 e. The van der Waals surface area contributed by atoms with Gasteiger partial charge in [0.1, 0.15) is 12.7 Å². The summed E-state index contributed by atoms with van der Waals surface area (Å²) in [6, 6.07) is 9.05. The molecule has 1 aliphatic carbocycles. The van der Waals surface area contributed by atoms with Gasteiger partial charge in [-0.25, -0.2) is 9.59 Å². The first-order valence-electron chi connectivity index (χ1n) is 10.4. The molecule has 3 atom stereocenters. The van der Waals surface area contributed by atoms with E-state index in [0.29, 0.717) is 12.0 Å². The minimum absolute atomic E-state index is 0.0140. The van der Waals surface area contributed by atoms with E-state index in [1.165, 1.54) is 7.11 Å². The number of rotatable bonds is 6. The third-order valence-electron chi connectivity index (χ3n) is 5.45. The summed E-state index contributed by atoms with van der Waals surface area (Å²) in [6.07, 6.45) is -0.677. The van der Waals surface area contributed by atoms with Crippen LogP contribution in [0.25, 0.3) is 0 Å². The lowest BCUT2D eigenvalue weighted by Crippen LogP contribution is -2.35. The van der Waals surface area contributed by atoms with Gasteiger partial charge in [0, 0.05) is 18.8 Å². The van der Waals surface area contributed by atoms with E-state index in [2.05, 4.69) is 0 Å². The fourth-order valence-electron chi connectivity index (χ4n) is 3.75. The molecule has 7 heteroatoms. The second-order valence-corrected chi connectivity index (χ2v) is 7.51. The van der Waals surface area contributed by atoms with Crippen molar-refractivity contribution in [2.24, 2.45) is 5.92 Å². The summed E-state index contributed by atoms with van der Waals surface area (Å²) in [5.41, 5.74) is 1.07. The largest absolute Gasteiger partial charge is 0.466 e.